The summed E-state index contributed by atoms with van der Waals surface area (Å²) in [6, 6.07) is 18.1. The van der Waals surface area contributed by atoms with Gasteiger partial charge in [0.05, 0.1) is 0 Å². The molecule has 5 heteroatoms. The fourth-order valence-electron chi connectivity index (χ4n) is 5.74. The molecule has 0 saturated carbocycles. The van der Waals surface area contributed by atoms with Crippen molar-refractivity contribution in [2.45, 2.75) is 60.8 Å². The molecule has 170 valence electrons. The van der Waals surface area contributed by atoms with Crippen LogP contribution in [0.2, 0.25) is 9.45 Å². The monoisotopic (exact) mass is 478 g/mol. The van der Waals surface area contributed by atoms with Gasteiger partial charge in [0.15, 0.2) is 0 Å². The van der Waals surface area contributed by atoms with Crippen molar-refractivity contribution in [2.24, 2.45) is 0 Å². The van der Waals surface area contributed by atoms with Gasteiger partial charge in [0, 0.05) is 0 Å². The van der Waals surface area contributed by atoms with Gasteiger partial charge in [-0.3, -0.25) is 0 Å². The second kappa shape index (κ2) is 9.44. The van der Waals surface area contributed by atoms with Crippen molar-refractivity contribution in [2.75, 3.05) is 0 Å². The Morgan fingerprint density at radius 3 is 1.91 bits per heavy atom. The molecule has 0 N–H and O–H groups in total. The molecule has 5 rings (SSSR count). The molecule has 3 aliphatic carbocycles. The molecule has 3 aliphatic rings. The van der Waals surface area contributed by atoms with E-state index in [2.05, 4.69) is 0 Å². The average Bonchev–Trinajstić information content (AvgIpc) is 3.24. The second-order valence-corrected chi connectivity index (χ2v) is 14.3. The quantitative estimate of drug-likeness (QED) is 0.424. The van der Waals surface area contributed by atoms with Gasteiger partial charge in [0.1, 0.15) is 0 Å². The van der Waals surface area contributed by atoms with Crippen LogP contribution in [0.15, 0.2) is 83.0 Å². The minimum atomic E-state index is -3.94. The van der Waals surface area contributed by atoms with E-state index in [-0.39, 0.29) is 16.2 Å². The van der Waals surface area contributed by atoms with Crippen molar-refractivity contribution in [3.05, 3.63) is 94.1 Å². The summed E-state index contributed by atoms with van der Waals surface area (Å²) in [6.45, 7) is 0. The number of allylic oxidation sites excluding steroid dienone is 4. The third-order valence-corrected chi connectivity index (χ3v) is 12.1. The van der Waals surface area contributed by atoms with Gasteiger partial charge in [0.2, 0.25) is 0 Å². The fraction of sp³-hybridized carbons (Fsp3) is 0.357. The van der Waals surface area contributed by atoms with E-state index >= 15 is 0 Å². The number of hydrogen-bond donors (Lipinski definition) is 0. The Morgan fingerprint density at radius 2 is 1.30 bits per heavy atom. The minimum absolute atomic E-state index is 0.0414. The van der Waals surface area contributed by atoms with Gasteiger partial charge in [0.25, 0.3) is 0 Å². The molecule has 0 aromatic heterocycles. The molecular formula is C28H30O4Ti. The molecule has 0 heterocycles. The van der Waals surface area contributed by atoms with E-state index in [0.29, 0.717) is 11.1 Å². The van der Waals surface area contributed by atoms with Gasteiger partial charge < -0.3 is 0 Å². The Kier molecular flexibility index (Phi) is 6.40. The first kappa shape index (κ1) is 22.4. The summed E-state index contributed by atoms with van der Waals surface area (Å²) in [5.74, 6) is -0.773. The third-order valence-electron chi connectivity index (χ3n) is 7.32. The molecule has 0 radical (unpaired) electrons. The van der Waals surface area contributed by atoms with Crippen LogP contribution in [-0.4, -0.2) is 11.9 Å². The van der Waals surface area contributed by atoms with E-state index in [1.807, 2.05) is 41.6 Å². The number of carbonyl (C=O) groups excluding carboxylic acids is 2. The molecule has 1 atom stereocenters. The predicted octanol–water partition coefficient (Wildman–Crippen LogP) is 7.28. The molecule has 4 nitrogen and oxygen atoms in total. The Balaban J connectivity index is 1.49. The number of benzene rings is 2. The van der Waals surface area contributed by atoms with Crippen LogP contribution in [0.5, 0.6) is 0 Å². The van der Waals surface area contributed by atoms with E-state index < -0.39 is 17.4 Å². The van der Waals surface area contributed by atoms with Crippen molar-refractivity contribution < 1.29 is 33.6 Å². The molecule has 2 aromatic rings. The zero-order valence-corrected chi connectivity index (χ0v) is 20.7. The second-order valence-electron chi connectivity index (χ2n) is 9.44. The summed E-state index contributed by atoms with van der Waals surface area (Å²) in [5.41, 5.74) is 7.03. The van der Waals surface area contributed by atoms with Crippen LogP contribution >= 0.6 is 0 Å². The predicted molar refractivity (Wildman–Crippen MR) is 124 cm³/mol. The summed E-state index contributed by atoms with van der Waals surface area (Å²) in [4.78, 5) is 26.3. The first-order valence-electron chi connectivity index (χ1n) is 12.0. The van der Waals surface area contributed by atoms with Gasteiger partial charge in [-0.15, -0.1) is 0 Å². The Hall–Kier alpha value is -2.43. The molecular weight excluding hydrogens is 448 g/mol. The van der Waals surface area contributed by atoms with E-state index in [9.17, 15) is 9.59 Å². The first-order valence-corrected chi connectivity index (χ1v) is 15.8. The third kappa shape index (κ3) is 4.51. The van der Waals surface area contributed by atoms with Crippen LogP contribution in [0.1, 0.15) is 72.1 Å². The molecule has 0 aliphatic heterocycles. The van der Waals surface area contributed by atoms with Crippen LogP contribution in [0.25, 0.3) is 0 Å². The molecule has 0 amide bonds. The topological polar surface area (TPSA) is 52.6 Å². The summed E-state index contributed by atoms with van der Waals surface area (Å²) < 4.78 is 12.6. The van der Waals surface area contributed by atoms with Gasteiger partial charge in [-0.05, 0) is 0 Å². The number of carbonyl (C=O) groups is 2. The van der Waals surface area contributed by atoms with Crippen LogP contribution in [0.4, 0.5) is 0 Å². The van der Waals surface area contributed by atoms with Gasteiger partial charge in [-0.1, -0.05) is 0 Å². The summed E-state index contributed by atoms with van der Waals surface area (Å²) in [6.07, 6.45) is 8.89. The standard InChI is InChI=1S/C13H17.2C7H6O2.CH3.Ti/c1-3-7-12-10(5-1)9-11-6-2-4-8-13(11)12;2*8-7(9)6-4-2-1-3-5-6;;/h5H,1-4,6-9H2;2*1-5H,(H,8,9);1H3;/q;;;;+2/p-2. The normalized spacial score (nSPS) is 20.2. The van der Waals surface area contributed by atoms with Crippen molar-refractivity contribution in [1.82, 2.24) is 0 Å². The SMILES string of the molecule is [CH3][Ti]([O]C(=O)c1ccccc1)([O]C(=O)c1ccccc1)[CH]1CCCC2=C1CC1=C2CCCC1. The van der Waals surface area contributed by atoms with Gasteiger partial charge in [-0.2, -0.15) is 0 Å². The molecule has 0 saturated heterocycles. The molecule has 2 aromatic carbocycles. The number of fused-ring (bicyclic) bond motifs is 1. The van der Waals surface area contributed by atoms with Crippen molar-refractivity contribution in [3.63, 3.8) is 0 Å². The summed E-state index contributed by atoms with van der Waals surface area (Å²) >= 11 is -3.94. The Bertz CT molecular complexity index is 1060. The number of rotatable bonds is 5. The van der Waals surface area contributed by atoms with E-state index in [4.69, 9.17) is 6.64 Å². The van der Waals surface area contributed by atoms with Gasteiger partial charge in [-0.25, -0.2) is 0 Å². The zero-order chi connectivity index (χ0) is 22.8. The maximum absolute atomic E-state index is 13.2. The van der Waals surface area contributed by atoms with Crippen molar-refractivity contribution in [3.8, 4) is 0 Å². The summed E-state index contributed by atoms with van der Waals surface area (Å²) in [5, 5.41) is 1.96. The molecule has 1 unspecified atom stereocenters. The first-order chi connectivity index (χ1) is 16.0. The van der Waals surface area contributed by atoms with Crippen LogP contribution < -0.4 is 0 Å². The average molecular weight is 478 g/mol. The van der Waals surface area contributed by atoms with Gasteiger partial charge >= 0.3 is 200 Å². The fourth-order valence-corrected chi connectivity index (χ4v) is 10.3. The molecule has 0 fully saturated rings. The molecule has 0 spiro atoms. The molecule has 0 bridgehead atoms. The Morgan fingerprint density at radius 1 is 0.758 bits per heavy atom. The number of hydrogen-bond acceptors (Lipinski definition) is 4. The van der Waals surface area contributed by atoms with Crippen molar-refractivity contribution >= 4 is 11.9 Å². The zero-order valence-electron chi connectivity index (χ0n) is 19.1. The van der Waals surface area contributed by atoms with E-state index in [1.165, 1.54) is 30.4 Å². The van der Waals surface area contributed by atoms with E-state index in [1.54, 1.807) is 35.4 Å². The van der Waals surface area contributed by atoms with Crippen molar-refractivity contribution in [1.29, 1.82) is 0 Å². The van der Waals surface area contributed by atoms with Crippen LogP contribution in [0.3, 0.4) is 0 Å². The van der Waals surface area contributed by atoms with E-state index in [0.717, 1.165) is 32.1 Å². The summed E-state index contributed by atoms with van der Waals surface area (Å²) in [7, 11) is 0. The Labute approximate surface area is 200 Å². The maximum atomic E-state index is 13.2. The van der Waals surface area contributed by atoms with Crippen LogP contribution in [0, 0.1) is 0 Å². The van der Waals surface area contributed by atoms with Crippen LogP contribution in [-0.2, 0) is 24.0 Å². The molecule has 33 heavy (non-hydrogen) atoms.